The van der Waals surface area contributed by atoms with E-state index in [0.29, 0.717) is 11.4 Å². The molecular formula is C22H23N3O3S. The number of benzene rings is 2. The molecule has 0 aliphatic carbocycles. The van der Waals surface area contributed by atoms with Gasteiger partial charge in [0.2, 0.25) is 5.91 Å². The number of para-hydroxylation sites is 1. The van der Waals surface area contributed by atoms with Gasteiger partial charge in [0.25, 0.3) is 5.91 Å². The second-order valence-electron chi connectivity index (χ2n) is 7.08. The van der Waals surface area contributed by atoms with Crippen molar-refractivity contribution in [1.82, 2.24) is 4.90 Å². The third-order valence-electron chi connectivity index (χ3n) is 4.84. The van der Waals surface area contributed by atoms with Gasteiger partial charge in [0.05, 0.1) is 0 Å². The van der Waals surface area contributed by atoms with E-state index in [0.717, 1.165) is 36.8 Å². The van der Waals surface area contributed by atoms with Crippen molar-refractivity contribution in [3.05, 3.63) is 54.6 Å². The van der Waals surface area contributed by atoms with Crippen molar-refractivity contribution < 1.29 is 14.3 Å². The average Bonchev–Trinajstić information content (AvgIpc) is 3.11. The lowest BCUT2D eigenvalue weighted by atomic mass is 10.1. The summed E-state index contributed by atoms with van der Waals surface area (Å²) in [6.45, 7) is 1.88. The zero-order valence-electron chi connectivity index (χ0n) is 16.0. The van der Waals surface area contributed by atoms with Crippen LogP contribution in [0.5, 0.6) is 11.5 Å². The molecule has 2 amide bonds. The Balaban J connectivity index is 1.28. The first-order chi connectivity index (χ1) is 14.2. The Labute approximate surface area is 174 Å². The Morgan fingerprint density at radius 3 is 2.45 bits per heavy atom. The van der Waals surface area contributed by atoms with E-state index in [1.165, 1.54) is 18.2 Å². The van der Waals surface area contributed by atoms with Gasteiger partial charge in [0.1, 0.15) is 16.7 Å². The number of ether oxygens (including phenoxy) is 1. The van der Waals surface area contributed by atoms with Crippen molar-refractivity contribution in [2.24, 2.45) is 4.99 Å². The average molecular weight is 410 g/mol. The van der Waals surface area contributed by atoms with Gasteiger partial charge >= 0.3 is 0 Å². The number of thioether (sulfide) groups is 1. The molecule has 2 aromatic carbocycles. The maximum absolute atomic E-state index is 12.4. The van der Waals surface area contributed by atoms with Gasteiger partial charge in [-0.1, -0.05) is 30.0 Å². The number of hydrogen-bond donors (Lipinski definition) is 1. The van der Waals surface area contributed by atoms with Crippen LogP contribution in [0, 0.1) is 0 Å². The largest absolute Gasteiger partial charge is 0.457 e. The fourth-order valence-corrected chi connectivity index (χ4v) is 4.46. The van der Waals surface area contributed by atoms with E-state index in [9.17, 15) is 9.59 Å². The zero-order chi connectivity index (χ0) is 20.1. The summed E-state index contributed by atoms with van der Waals surface area (Å²) in [6.07, 6.45) is 3.60. The van der Waals surface area contributed by atoms with E-state index in [-0.39, 0.29) is 18.2 Å². The molecule has 1 saturated heterocycles. The van der Waals surface area contributed by atoms with E-state index in [1.54, 1.807) is 24.3 Å². The molecule has 2 heterocycles. The van der Waals surface area contributed by atoms with Crippen LogP contribution in [0.25, 0.3) is 0 Å². The molecule has 0 aromatic heterocycles. The Kier molecular flexibility index (Phi) is 6.14. The minimum absolute atomic E-state index is 0.118. The number of carbonyl (C=O) groups excluding carboxylic acids is 2. The maximum atomic E-state index is 12.4. The molecule has 0 spiro atoms. The summed E-state index contributed by atoms with van der Waals surface area (Å²) in [5.41, 5.74) is 0.669. The molecule has 0 bridgehead atoms. The van der Waals surface area contributed by atoms with Gasteiger partial charge < -0.3 is 15.0 Å². The third kappa shape index (κ3) is 5.17. The SMILES string of the molecule is O=C(C[C@H]1SC(N2CCCCC2)=NC1=O)Nc1ccc(Oc2ccccc2)cc1. The molecular weight excluding hydrogens is 386 g/mol. The summed E-state index contributed by atoms with van der Waals surface area (Å²) in [7, 11) is 0. The highest BCUT2D eigenvalue weighted by Gasteiger charge is 2.33. The standard InChI is InChI=1S/C22H23N3O3S/c26-20(15-19-21(27)24-22(29-19)25-13-5-2-6-14-25)23-16-9-11-18(12-10-16)28-17-7-3-1-4-8-17/h1,3-4,7-12,19H,2,5-6,13-15H2,(H,23,26)/t19-/m1/s1. The van der Waals surface area contributed by atoms with Gasteiger partial charge in [-0.05, 0) is 55.7 Å². The van der Waals surface area contributed by atoms with Gasteiger partial charge in [-0.3, -0.25) is 9.59 Å². The normalized spacial score (nSPS) is 19.0. The molecule has 2 aliphatic heterocycles. The summed E-state index contributed by atoms with van der Waals surface area (Å²) >= 11 is 1.41. The second kappa shape index (κ2) is 9.13. The monoisotopic (exact) mass is 409 g/mol. The zero-order valence-corrected chi connectivity index (χ0v) is 16.9. The van der Waals surface area contributed by atoms with Crippen LogP contribution in [0.4, 0.5) is 5.69 Å². The molecule has 0 radical (unpaired) electrons. The maximum Gasteiger partial charge on any atom is 0.262 e. The lowest BCUT2D eigenvalue weighted by Crippen LogP contribution is -2.33. The first-order valence-corrected chi connectivity index (χ1v) is 10.7. The number of nitrogens with zero attached hydrogens (tertiary/aromatic N) is 2. The van der Waals surface area contributed by atoms with Crippen molar-refractivity contribution in [2.75, 3.05) is 18.4 Å². The van der Waals surface area contributed by atoms with Gasteiger partial charge in [-0.15, -0.1) is 0 Å². The topological polar surface area (TPSA) is 71.0 Å². The summed E-state index contributed by atoms with van der Waals surface area (Å²) in [4.78, 5) is 30.9. The van der Waals surface area contributed by atoms with Crippen LogP contribution in [0.3, 0.4) is 0 Å². The quantitative estimate of drug-likeness (QED) is 0.798. The number of piperidine rings is 1. The Morgan fingerprint density at radius 2 is 1.72 bits per heavy atom. The van der Waals surface area contributed by atoms with Crippen molar-refractivity contribution in [1.29, 1.82) is 0 Å². The van der Waals surface area contributed by atoms with Gasteiger partial charge in [0, 0.05) is 25.2 Å². The van der Waals surface area contributed by atoms with E-state index < -0.39 is 5.25 Å². The fourth-order valence-electron chi connectivity index (χ4n) is 3.34. The summed E-state index contributed by atoms with van der Waals surface area (Å²) < 4.78 is 5.75. The highest BCUT2D eigenvalue weighted by Crippen LogP contribution is 2.29. The number of rotatable bonds is 5. The van der Waals surface area contributed by atoms with E-state index in [4.69, 9.17) is 4.74 Å². The molecule has 0 saturated carbocycles. The van der Waals surface area contributed by atoms with Crippen LogP contribution < -0.4 is 10.1 Å². The van der Waals surface area contributed by atoms with Crippen LogP contribution in [0.1, 0.15) is 25.7 Å². The van der Waals surface area contributed by atoms with Crippen molar-refractivity contribution in [3.8, 4) is 11.5 Å². The van der Waals surface area contributed by atoms with E-state index >= 15 is 0 Å². The Morgan fingerprint density at radius 1 is 1.03 bits per heavy atom. The number of hydrogen-bond acceptors (Lipinski definition) is 5. The molecule has 4 rings (SSSR count). The predicted octanol–water partition coefficient (Wildman–Crippen LogP) is 4.29. The van der Waals surface area contributed by atoms with Crippen molar-refractivity contribution in [3.63, 3.8) is 0 Å². The Bertz CT molecular complexity index is 893. The first-order valence-electron chi connectivity index (χ1n) is 9.84. The van der Waals surface area contributed by atoms with Crippen LogP contribution >= 0.6 is 11.8 Å². The molecule has 6 nitrogen and oxygen atoms in total. The number of nitrogens with one attached hydrogen (secondary N) is 1. The fraction of sp³-hybridized carbons (Fsp3) is 0.318. The van der Waals surface area contributed by atoms with Crippen molar-refractivity contribution >= 4 is 34.4 Å². The number of likely N-dealkylation sites (tertiary alicyclic amines) is 1. The van der Waals surface area contributed by atoms with Crippen LogP contribution in [0.15, 0.2) is 59.6 Å². The Hall–Kier alpha value is -2.80. The molecule has 0 unspecified atom stereocenters. The molecule has 7 heteroatoms. The second-order valence-corrected chi connectivity index (χ2v) is 8.25. The molecule has 29 heavy (non-hydrogen) atoms. The predicted molar refractivity (Wildman–Crippen MR) is 115 cm³/mol. The lowest BCUT2D eigenvalue weighted by molar-refractivity contribution is -0.121. The van der Waals surface area contributed by atoms with Crippen LogP contribution in [0.2, 0.25) is 0 Å². The number of amides is 2. The highest BCUT2D eigenvalue weighted by atomic mass is 32.2. The molecule has 1 N–H and O–H groups in total. The number of aliphatic imine (C=N–C) groups is 1. The number of amidine groups is 1. The molecule has 1 atom stereocenters. The lowest BCUT2D eigenvalue weighted by Gasteiger charge is -2.27. The van der Waals surface area contributed by atoms with Crippen LogP contribution in [-0.2, 0) is 9.59 Å². The minimum atomic E-state index is -0.437. The minimum Gasteiger partial charge on any atom is -0.457 e. The number of carbonyl (C=O) groups is 2. The smallest absolute Gasteiger partial charge is 0.262 e. The van der Waals surface area contributed by atoms with Crippen molar-refractivity contribution in [2.45, 2.75) is 30.9 Å². The van der Waals surface area contributed by atoms with Gasteiger partial charge in [0.15, 0.2) is 5.17 Å². The highest BCUT2D eigenvalue weighted by molar-refractivity contribution is 8.15. The summed E-state index contributed by atoms with van der Waals surface area (Å²) in [5.74, 6) is 1.04. The van der Waals surface area contributed by atoms with E-state index in [1.807, 2.05) is 30.3 Å². The number of anilines is 1. The van der Waals surface area contributed by atoms with Crippen LogP contribution in [-0.4, -0.2) is 40.2 Å². The van der Waals surface area contributed by atoms with E-state index in [2.05, 4.69) is 15.2 Å². The summed E-state index contributed by atoms with van der Waals surface area (Å²) in [6, 6.07) is 16.7. The van der Waals surface area contributed by atoms with Gasteiger partial charge in [-0.2, -0.15) is 4.99 Å². The first kappa shape index (κ1) is 19.5. The summed E-state index contributed by atoms with van der Waals surface area (Å²) in [5, 5.41) is 3.19. The third-order valence-corrected chi connectivity index (χ3v) is 6.06. The molecule has 150 valence electrons. The van der Waals surface area contributed by atoms with Gasteiger partial charge in [-0.25, -0.2) is 0 Å². The molecule has 1 fully saturated rings. The molecule has 2 aromatic rings. The molecule has 2 aliphatic rings.